The van der Waals surface area contributed by atoms with Gasteiger partial charge in [0.25, 0.3) is 0 Å². The van der Waals surface area contributed by atoms with Crippen LogP contribution in [-0.4, -0.2) is 265 Å². The summed E-state index contributed by atoms with van der Waals surface area (Å²) in [5.41, 5.74) is 7.29. The number of aliphatic hydroxyl groups is 1. The van der Waals surface area contributed by atoms with Gasteiger partial charge in [-0.05, 0) is 187 Å². The molecule has 0 saturated heterocycles. The minimum Gasteiger partial charge on any atom is -0.481 e. The summed E-state index contributed by atoms with van der Waals surface area (Å²) in [7, 11) is 3.24. The Hall–Kier alpha value is -9.55. The van der Waals surface area contributed by atoms with Crippen molar-refractivity contribution in [2.75, 3.05) is 106 Å². The van der Waals surface area contributed by atoms with Crippen LogP contribution in [0.3, 0.4) is 0 Å². The first-order chi connectivity index (χ1) is 51.2. The number of aliphatic hydroxyl groups excluding tert-OH is 1. The molecular formula is C70H134N30O12. The zero-order chi connectivity index (χ0) is 87.0. The summed E-state index contributed by atoms with van der Waals surface area (Å²) in [5, 5.41) is 119. The summed E-state index contributed by atoms with van der Waals surface area (Å²) in [6.07, 6.45) is 1.89. The molecule has 4 aliphatic heterocycles. The van der Waals surface area contributed by atoms with Crippen molar-refractivity contribution in [1.82, 2.24) is 37.2 Å². The Morgan fingerprint density at radius 1 is 0.518 bits per heavy atom. The van der Waals surface area contributed by atoms with Crippen LogP contribution >= 0.6 is 0 Å². The van der Waals surface area contributed by atoms with Crippen molar-refractivity contribution in [1.29, 1.82) is 16.2 Å². The number of nitrogens with one attached hydrogen (secondary N) is 10. The third-order valence-corrected chi connectivity index (χ3v) is 15.2. The number of esters is 2. The van der Waals surface area contributed by atoms with Gasteiger partial charge in [0.05, 0.1) is 57.8 Å². The highest BCUT2D eigenvalue weighted by molar-refractivity contribution is 5.96. The van der Waals surface area contributed by atoms with E-state index in [-0.39, 0.29) is 81.7 Å². The van der Waals surface area contributed by atoms with E-state index in [2.05, 4.69) is 130 Å². The van der Waals surface area contributed by atoms with Crippen LogP contribution in [-0.2, 0) is 43.2 Å². The number of carboxylic acid groups (broad SMARTS) is 2. The van der Waals surface area contributed by atoms with Crippen molar-refractivity contribution in [2.45, 2.75) is 252 Å². The molecule has 0 aliphatic carbocycles. The van der Waals surface area contributed by atoms with Gasteiger partial charge in [0, 0.05) is 39.1 Å². The fourth-order valence-corrected chi connectivity index (χ4v) is 7.51. The number of amides is 1. The van der Waals surface area contributed by atoms with Crippen LogP contribution in [0.15, 0.2) is 99.0 Å². The number of aliphatic carboxylic acids is 2. The third kappa shape index (κ3) is 42.2. The van der Waals surface area contributed by atoms with Crippen molar-refractivity contribution in [3.63, 3.8) is 0 Å². The number of rotatable bonds is 38. The summed E-state index contributed by atoms with van der Waals surface area (Å²) >= 11 is 0. The van der Waals surface area contributed by atoms with E-state index >= 15 is 0 Å². The molecule has 0 atom stereocenters. The number of amidine groups is 7. The van der Waals surface area contributed by atoms with Crippen molar-refractivity contribution >= 4 is 76.5 Å². The summed E-state index contributed by atoms with van der Waals surface area (Å²) in [4.78, 5) is 87.4. The Labute approximate surface area is 660 Å². The highest BCUT2D eigenvalue weighted by atomic mass is 17.2. The number of carbonyl (C=O) groups is 5. The summed E-state index contributed by atoms with van der Waals surface area (Å²) < 4.78 is 9.78. The highest BCUT2D eigenvalue weighted by Crippen LogP contribution is 2.25. The molecule has 0 unspecified atom stereocenters. The van der Waals surface area contributed by atoms with Crippen LogP contribution in [0.4, 0.5) is 0 Å². The molecule has 0 saturated carbocycles. The predicted molar refractivity (Wildman–Crippen MR) is 434 cm³/mol. The fraction of sp³-hybridized carbons (Fsp3) is 0.786. The molecule has 42 nitrogen and oxygen atoms in total. The second-order valence-electron chi connectivity index (χ2n) is 31.7. The molecular weight excluding hydrogens is 1450 g/mol. The molecule has 4 aliphatic rings. The molecule has 0 bridgehead atoms. The van der Waals surface area contributed by atoms with Gasteiger partial charge < -0.3 is 73.9 Å². The first-order valence-corrected chi connectivity index (χ1v) is 36.5. The largest absolute Gasteiger partial charge is 0.481 e. The van der Waals surface area contributed by atoms with E-state index in [0.29, 0.717) is 6.42 Å². The minimum atomic E-state index is -1.18. The fourth-order valence-electron chi connectivity index (χ4n) is 7.51. The maximum absolute atomic E-state index is 11.8. The lowest BCUT2D eigenvalue weighted by Gasteiger charge is -2.23. The Morgan fingerprint density at radius 2 is 0.893 bits per heavy atom. The quantitative estimate of drug-likeness (QED) is 0.00376. The monoisotopic (exact) mass is 1590 g/mol. The smallest absolute Gasteiger partial charge is 0.336 e. The number of ether oxygens (including phenoxy) is 2. The van der Waals surface area contributed by atoms with Gasteiger partial charge in [-0.2, -0.15) is 61.4 Å². The number of carbonyl (C=O) groups excluding carboxylic acids is 3. The molecule has 0 aromatic heterocycles. The van der Waals surface area contributed by atoms with Crippen LogP contribution in [0.5, 0.6) is 0 Å². The number of likely N-dealkylation sites (N-methyl/N-ethyl adjacent to an activating group) is 1. The first kappa shape index (κ1) is 104. The maximum Gasteiger partial charge on any atom is 0.336 e. The standard InChI is InChI=1S/C14H26N6O4.2C12H22N6.C12H24N4O4.C12H22N2O4.C8H18N6/c1-13(2,11(15)18-7-6-9(21)22)19-20-14(3,4)12(16)24-10(23)8-17-5;2*1-11(2,9-13-5-6-14-9)17-18-12(3,4)10-15-7-8-16-10;1-11(2,9(18)14-6-7-17)15-16-12(3,4)10(19)20-8-13-5;1-6-9-17-18-12(4,5)14-13-11(2,3)8-7-10(15)16;1-7(2,5(9)10)13-14-8(3,4)6(11)12/h16-17H,6-8H2,1-5H3,(H2,15,18)(H,21,22);2*5-8H2,1-4H3,(H,13,14)(H,15,16);13,17H,6-8H2,1-5H3,(H,14,18);6H,1,7-9H2,2-5H3,(H,15,16);1-4H3,(H3,9,10)(H3,11,12). The van der Waals surface area contributed by atoms with Crippen molar-refractivity contribution in [3.05, 3.63) is 12.7 Å². The van der Waals surface area contributed by atoms with E-state index in [9.17, 15) is 24.0 Å². The number of hydrogen-bond acceptors (Lipinski definition) is 36. The minimum absolute atomic E-state index is 0.0235. The van der Waals surface area contributed by atoms with Crippen molar-refractivity contribution in [2.24, 2.45) is 104 Å². The molecule has 1 amide bonds. The van der Waals surface area contributed by atoms with E-state index in [0.717, 1.165) is 75.7 Å². The Kier molecular flexibility index (Phi) is 43.9. The lowest BCUT2D eigenvalue weighted by Crippen LogP contribution is -2.42. The van der Waals surface area contributed by atoms with Gasteiger partial charge in [0.2, 0.25) is 17.5 Å². The molecule has 4 heterocycles. The predicted octanol–water partition coefficient (Wildman–Crippen LogP) is 6.21. The van der Waals surface area contributed by atoms with E-state index in [1.165, 1.54) is 0 Å². The van der Waals surface area contributed by atoms with E-state index < -0.39 is 90.5 Å². The Bertz CT molecular complexity index is 3230. The Morgan fingerprint density at radius 3 is 1.23 bits per heavy atom. The molecule has 0 aromatic carbocycles. The average Bonchev–Trinajstić information content (AvgIpc) is 1.58. The molecule has 112 heavy (non-hydrogen) atoms. The average molecular weight is 1590 g/mol. The topological polar surface area (TPSA) is 627 Å². The van der Waals surface area contributed by atoms with E-state index in [1.54, 1.807) is 117 Å². The summed E-state index contributed by atoms with van der Waals surface area (Å²) in [5.74, 6) is -0.00549. The molecule has 0 spiro atoms. The summed E-state index contributed by atoms with van der Waals surface area (Å²) in [6, 6.07) is 0. The van der Waals surface area contributed by atoms with Gasteiger partial charge >= 0.3 is 23.9 Å². The van der Waals surface area contributed by atoms with Crippen LogP contribution < -0.4 is 54.4 Å². The van der Waals surface area contributed by atoms with Gasteiger partial charge in [0.1, 0.15) is 93.0 Å². The van der Waals surface area contributed by atoms with E-state index in [4.69, 9.17) is 68.0 Å². The maximum atomic E-state index is 11.8. The lowest BCUT2D eigenvalue weighted by atomic mass is 10.00. The third-order valence-electron chi connectivity index (χ3n) is 15.2. The highest BCUT2D eigenvalue weighted by Gasteiger charge is 2.37. The second kappa shape index (κ2) is 47.1. The molecule has 19 N–H and O–H groups in total. The lowest BCUT2D eigenvalue weighted by molar-refractivity contribution is -0.346. The zero-order valence-corrected chi connectivity index (χ0v) is 71.2. The number of nitrogens with zero attached hydrogens (tertiary/aromatic N) is 17. The zero-order valence-electron chi connectivity index (χ0n) is 71.2. The van der Waals surface area contributed by atoms with Gasteiger partial charge in [-0.1, -0.05) is 6.08 Å². The first-order valence-electron chi connectivity index (χ1n) is 36.5. The summed E-state index contributed by atoms with van der Waals surface area (Å²) in [6.45, 7) is 53.3. The molecule has 42 heteroatoms. The molecule has 636 valence electrons. The normalized spacial score (nSPS) is 15.4. The number of nitrogens with two attached hydrogens (primary N) is 3. The van der Waals surface area contributed by atoms with Gasteiger partial charge in [-0.15, -0.1) is 6.58 Å². The van der Waals surface area contributed by atoms with Gasteiger partial charge in [-0.3, -0.25) is 65.7 Å². The second-order valence-corrected chi connectivity index (χ2v) is 31.7. The Balaban J connectivity index is 0. The molecule has 4 rings (SSSR count). The molecule has 0 radical (unpaired) electrons. The molecule has 0 aromatic rings. The van der Waals surface area contributed by atoms with Crippen LogP contribution in [0.1, 0.15) is 185 Å². The number of azo groups is 6. The van der Waals surface area contributed by atoms with Crippen molar-refractivity contribution in [3.8, 4) is 0 Å². The van der Waals surface area contributed by atoms with Crippen LogP contribution in [0.25, 0.3) is 0 Å². The number of aliphatic imine (C=N–C) groups is 5. The van der Waals surface area contributed by atoms with Gasteiger partial charge in [0.15, 0.2) is 16.6 Å². The van der Waals surface area contributed by atoms with E-state index in [1.807, 2.05) is 69.2 Å². The molecule has 0 fully saturated rings. The SMILES string of the molecule is C=CCOOC(C)(C)N=NC(C)(C)CCC(=O)O.CC(C)(N=NC(C)(C)C(=N)N)C(=N)N.CC(C)(N=NC(C)(C)C1=NCCN1)C1=NCCN1.CC(C)(N=NC(C)(C)C1=NCCN1)C1=NCCN1.CNCC(=O)OC(=N)C(C)(C)N=NC(C)(C)C(N)=NCCC(=O)O.CNCOC(=O)C(C)(C)N=NC(C)(C)C(=O)NCCO. The number of carboxylic acids is 2. The van der Waals surface area contributed by atoms with Crippen LogP contribution in [0, 0.1) is 16.2 Å². The van der Waals surface area contributed by atoms with Crippen molar-refractivity contribution < 1.29 is 58.5 Å². The van der Waals surface area contributed by atoms with Crippen LogP contribution in [0.2, 0.25) is 0 Å². The number of hydrogen-bond donors (Lipinski definition) is 16. The van der Waals surface area contributed by atoms with Gasteiger partial charge in [-0.25, -0.2) is 14.6 Å².